The Labute approximate surface area is 134 Å². The molecule has 4 N–H and O–H groups in total. The lowest BCUT2D eigenvalue weighted by Gasteiger charge is -2.56. The van der Waals surface area contributed by atoms with Crippen molar-refractivity contribution in [2.24, 2.45) is 17.3 Å². The first-order valence-corrected chi connectivity index (χ1v) is 7.62. The van der Waals surface area contributed by atoms with Gasteiger partial charge < -0.3 is 25.2 Å². The number of fused-ring (bicyclic) bond motifs is 1. The first-order chi connectivity index (χ1) is 10.6. The maximum Gasteiger partial charge on any atom is 0.333 e. The third-order valence-corrected chi connectivity index (χ3v) is 5.57. The van der Waals surface area contributed by atoms with E-state index in [1.54, 1.807) is 6.92 Å². The molecule has 130 valence electrons. The second kappa shape index (κ2) is 5.98. The monoisotopic (exact) mass is 328 g/mol. The molecule has 0 aliphatic heterocycles. The van der Waals surface area contributed by atoms with Gasteiger partial charge in [0.15, 0.2) is 0 Å². The van der Waals surface area contributed by atoms with Crippen molar-refractivity contribution in [1.82, 2.24) is 0 Å². The van der Waals surface area contributed by atoms with E-state index in [0.717, 1.165) is 7.11 Å². The predicted octanol–water partition coefficient (Wildman–Crippen LogP) is -0.834. The fraction of sp³-hybridized carbons (Fsp3) is 0.750. The summed E-state index contributed by atoms with van der Waals surface area (Å²) in [5, 5.41) is 41.5. The van der Waals surface area contributed by atoms with E-state index in [2.05, 4.69) is 11.3 Å². The van der Waals surface area contributed by atoms with Crippen LogP contribution in [0.15, 0.2) is 12.2 Å². The quantitative estimate of drug-likeness (QED) is 0.393. The van der Waals surface area contributed by atoms with Gasteiger partial charge in [-0.15, -0.1) is 0 Å². The highest BCUT2D eigenvalue weighted by Gasteiger charge is 2.63. The number of carbonyl (C=O) groups is 2. The van der Waals surface area contributed by atoms with Crippen molar-refractivity contribution in [3.8, 4) is 0 Å². The lowest BCUT2D eigenvalue weighted by Crippen LogP contribution is -2.66. The standard InChI is InChI=1S/C16H24O7/c1-8(14(21)23-3)11-9(18)6-15(2)10(19)4-5-16(22,7-17)13(15)12(11)20/h9,11-13,17-18,20,22H,1,4-7H2,2-3H3/t9-,11+,12+,13+,15+,16-/m1/s1. The number of aliphatic hydroxyl groups is 4. The zero-order valence-electron chi connectivity index (χ0n) is 13.4. The van der Waals surface area contributed by atoms with Crippen molar-refractivity contribution in [1.29, 1.82) is 0 Å². The molecule has 0 amide bonds. The van der Waals surface area contributed by atoms with E-state index in [4.69, 9.17) is 0 Å². The van der Waals surface area contributed by atoms with Gasteiger partial charge in [-0.25, -0.2) is 4.79 Å². The average molecular weight is 328 g/mol. The number of ketones is 1. The molecule has 0 aromatic rings. The van der Waals surface area contributed by atoms with E-state index in [1.807, 2.05) is 0 Å². The van der Waals surface area contributed by atoms with E-state index in [0.29, 0.717) is 0 Å². The Morgan fingerprint density at radius 3 is 2.57 bits per heavy atom. The molecule has 23 heavy (non-hydrogen) atoms. The summed E-state index contributed by atoms with van der Waals surface area (Å²) < 4.78 is 4.58. The minimum absolute atomic E-state index is 0.0210. The van der Waals surface area contributed by atoms with E-state index < -0.39 is 47.6 Å². The third-order valence-electron chi connectivity index (χ3n) is 5.57. The molecule has 0 spiro atoms. The van der Waals surface area contributed by atoms with E-state index in [-0.39, 0.29) is 30.6 Å². The smallest absolute Gasteiger partial charge is 0.333 e. The second-order valence-electron chi connectivity index (χ2n) is 6.88. The van der Waals surface area contributed by atoms with Gasteiger partial charge in [0.1, 0.15) is 5.78 Å². The number of esters is 1. The first-order valence-electron chi connectivity index (χ1n) is 7.62. The van der Waals surface area contributed by atoms with Crippen LogP contribution in [0.4, 0.5) is 0 Å². The number of ether oxygens (including phenoxy) is 1. The highest BCUT2D eigenvalue weighted by Crippen LogP contribution is 2.54. The minimum atomic E-state index is -1.66. The molecule has 2 fully saturated rings. The van der Waals surface area contributed by atoms with Crippen molar-refractivity contribution in [2.45, 2.75) is 44.0 Å². The highest BCUT2D eigenvalue weighted by molar-refractivity contribution is 5.89. The zero-order chi connectivity index (χ0) is 17.6. The average Bonchev–Trinajstić information content (AvgIpc) is 2.49. The number of aliphatic hydroxyl groups excluding tert-OH is 3. The maximum atomic E-state index is 12.4. The van der Waals surface area contributed by atoms with Crippen LogP contribution in [0.3, 0.4) is 0 Å². The molecule has 0 aromatic carbocycles. The van der Waals surface area contributed by atoms with E-state index in [1.165, 1.54) is 0 Å². The molecule has 0 unspecified atom stereocenters. The Kier molecular flexibility index (Phi) is 4.69. The summed E-state index contributed by atoms with van der Waals surface area (Å²) in [4.78, 5) is 24.1. The van der Waals surface area contributed by atoms with Crippen molar-refractivity contribution in [3.05, 3.63) is 12.2 Å². The van der Waals surface area contributed by atoms with Gasteiger partial charge in [-0.1, -0.05) is 13.5 Å². The predicted molar refractivity (Wildman–Crippen MR) is 79.2 cm³/mol. The molecule has 0 saturated heterocycles. The van der Waals surface area contributed by atoms with Gasteiger partial charge in [0.05, 0.1) is 31.5 Å². The summed E-state index contributed by atoms with van der Waals surface area (Å²) in [6.07, 6.45) is -2.53. The number of hydrogen-bond donors (Lipinski definition) is 4. The Bertz CT molecular complexity index is 531. The Morgan fingerprint density at radius 1 is 1.43 bits per heavy atom. The largest absolute Gasteiger partial charge is 0.466 e. The third kappa shape index (κ3) is 2.61. The highest BCUT2D eigenvalue weighted by atomic mass is 16.5. The second-order valence-corrected chi connectivity index (χ2v) is 6.88. The zero-order valence-corrected chi connectivity index (χ0v) is 13.4. The van der Waals surface area contributed by atoms with Gasteiger partial charge in [-0.05, 0) is 12.8 Å². The maximum absolute atomic E-state index is 12.4. The summed E-state index contributed by atoms with van der Waals surface area (Å²) in [6.45, 7) is 4.53. The topological polar surface area (TPSA) is 124 Å². The summed E-state index contributed by atoms with van der Waals surface area (Å²) in [5.41, 5.74) is -2.95. The van der Waals surface area contributed by atoms with Crippen LogP contribution < -0.4 is 0 Å². The van der Waals surface area contributed by atoms with Gasteiger partial charge in [0.25, 0.3) is 0 Å². The number of Topliss-reactive ketones (excluding diaryl/α,β-unsaturated/α-hetero) is 1. The van der Waals surface area contributed by atoms with Crippen LogP contribution in [0.2, 0.25) is 0 Å². The first kappa shape index (κ1) is 18.1. The number of methoxy groups -OCH3 is 1. The van der Waals surface area contributed by atoms with Gasteiger partial charge in [0, 0.05) is 29.2 Å². The van der Waals surface area contributed by atoms with Gasteiger partial charge in [-0.3, -0.25) is 4.79 Å². The van der Waals surface area contributed by atoms with Crippen LogP contribution in [0, 0.1) is 17.3 Å². The molecule has 0 radical (unpaired) electrons. The number of rotatable bonds is 3. The van der Waals surface area contributed by atoms with Crippen molar-refractivity contribution >= 4 is 11.8 Å². The van der Waals surface area contributed by atoms with E-state index in [9.17, 15) is 30.0 Å². The van der Waals surface area contributed by atoms with Crippen LogP contribution >= 0.6 is 0 Å². The van der Waals surface area contributed by atoms with E-state index >= 15 is 0 Å². The molecule has 7 nitrogen and oxygen atoms in total. The summed E-state index contributed by atoms with van der Waals surface area (Å²) in [5.74, 6) is -3.02. The molecular weight excluding hydrogens is 304 g/mol. The van der Waals surface area contributed by atoms with Gasteiger partial charge in [-0.2, -0.15) is 0 Å². The molecule has 7 heteroatoms. The van der Waals surface area contributed by atoms with Crippen LogP contribution in [0.1, 0.15) is 26.2 Å². The summed E-state index contributed by atoms with van der Waals surface area (Å²) in [6, 6.07) is 0. The minimum Gasteiger partial charge on any atom is -0.466 e. The van der Waals surface area contributed by atoms with Crippen molar-refractivity contribution in [3.63, 3.8) is 0 Å². The molecule has 2 aliphatic carbocycles. The molecule has 2 saturated carbocycles. The van der Waals surface area contributed by atoms with Crippen LogP contribution in [-0.2, 0) is 14.3 Å². The van der Waals surface area contributed by atoms with Crippen molar-refractivity contribution < 1.29 is 34.8 Å². The Hall–Kier alpha value is -1.28. The molecular formula is C16H24O7. The van der Waals surface area contributed by atoms with Crippen LogP contribution in [0.25, 0.3) is 0 Å². The molecule has 2 rings (SSSR count). The lowest BCUT2D eigenvalue weighted by molar-refractivity contribution is -0.213. The molecule has 2 aliphatic rings. The van der Waals surface area contributed by atoms with Gasteiger partial charge in [0.2, 0.25) is 0 Å². The van der Waals surface area contributed by atoms with Gasteiger partial charge >= 0.3 is 5.97 Å². The number of hydrogen-bond acceptors (Lipinski definition) is 7. The summed E-state index contributed by atoms with van der Waals surface area (Å²) in [7, 11) is 1.16. The Balaban J connectivity index is 2.47. The normalized spacial score (nSPS) is 43.7. The fourth-order valence-corrected chi connectivity index (χ4v) is 4.35. The molecule has 0 bridgehead atoms. The van der Waals surface area contributed by atoms with Crippen LogP contribution in [0.5, 0.6) is 0 Å². The fourth-order valence-electron chi connectivity index (χ4n) is 4.35. The molecule has 6 atom stereocenters. The number of carbonyl (C=O) groups excluding carboxylic acids is 2. The SMILES string of the molecule is C=C(C(=O)OC)[C@@H]1[C@H](O)[C@@H]2[C@](O)(CO)CCC(=O)[C@]2(C)C[C@H]1O. The lowest BCUT2D eigenvalue weighted by atomic mass is 9.50. The Morgan fingerprint density at radius 2 is 2.04 bits per heavy atom. The molecule has 0 heterocycles. The summed E-state index contributed by atoms with van der Waals surface area (Å²) >= 11 is 0. The van der Waals surface area contributed by atoms with Crippen LogP contribution in [-0.4, -0.2) is 63.7 Å². The van der Waals surface area contributed by atoms with Crippen molar-refractivity contribution in [2.75, 3.05) is 13.7 Å². The molecule has 0 aromatic heterocycles.